The quantitative estimate of drug-likeness (QED) is 0.864. The fraction of sp³-hybridized carbons (Fsp3) is 0.308. The van der Waals surface area contributed by atoms with Gasteiger partial charge in [0.1, 0.15) is 5.67 Å². The van der Waals surface area contributed by atoms with E-state index < -0.39 is 5.67 Å². The molecule has 0 aliphatic heterocycles. The molecule has 19 heavy (non-hydrogen) atoms. The summed E-state index contributed by atoms with van der Waals surface area (Å²) in [5.41, 5.74) is 1.02. The zero-order chi connectivity index (χ0) is 12.9. The predicted octanol–water partition coefficient (Wildman–Crippen LogP) is 2.63. The summed E-state index contributed by atoms with van der Waals surface area (Å²) in [6, 6.07) is 1.99. The average Bonchev–Trinajstić information content (AvgIpc) is 2.81. The molecule has 2 atom stereocenters. The van der Waals surface area contributed by atoms with Gasteiger partial charge in [0.05, 0.1) is 6.54 Å². The van der Waals surface area contributed by atoms with Crippen LogP contribution in [0.3, 0.4) is 0 Å². The lowest BCUT2D eigenvalue weighted by Gasteiger charge is -2.09. The molecule has 0 radical (unpaired) electrons. The van der Waals surface area contributed by atoms with Gasteiger partial charge < -0.3 is 0 Å². The monoisotopic (exact) mass is 274 g/mol. The fourth-order valence-corrected chi connectivity index (χ4v) is 3.05. The fourth-order valence-electron chi connectivity index (χ4n) is 2.41. The van der Waals surface area contributed by atoms with Crippen molar-refractivity contribution in [3.8, 4) is 11.4 Å². The van der Waals surface area contributed by atoms with Gasteiger partial charge in [-0.05, 0) is 39.9 Å². The Balaban J connectivity index is 1.60. The molecule has 0 bridgehead atoms. The Hall–Kier alpha value is -1.82. The van der Waals surface area contributed by atoms with Crippen LogP contribution in [0.15, 0.2) is 40.6 Å². The van der Waals surface area contributed by atoms with E-state index in [0.717, 1.165) is 17.0 Å². The van der Waals surface area contributed by atoms with Crippen LogP contribution < -0.4 is 0 Å². The van der Waals surface area contributed by atoms with Crippen molar-refractivity contribution in [3.05, 3.63) is 40.6 Å². The van der Waals surface area contributed by atoms with Crippen LogP contribution >= 0.6 is 11.3 Å². The maximum Gasteiger partial charge on any atom is 0.183 e. The molecule has 1 saturated carbocycles. The molecule has 0 amide bonds. The normalized spacial score (nSPS) is 28.1. The van der Waals surface area contributed by atoms with Crippen LogP contribution in [0, 0.1) is 5.92 Å². The van der Waals surface area contributed by atoms with Gasteiger partial charge >= 0.3 is 0 Å². The van der Waals surface area contributed by atoms with E-state index in [9.17, 15) is 4.39 Å². The molecule has 0 saturated heterocycles. The van der Waals surface area contributed by atoms with Crippen LogP contribution in [0.2, 0.25) is 0 Å². The molecule has 2 aliphatic carbocycles. The van der Waals surface area contributed by atoms with Gasteiger partial charge in [0.15, 0.2) is 5.82 Å². The minimum absolute atomic E-state index is 0.0496. The van der Waals surface area contributed by atoms with E-state index in [4.69, 9.17) is 0 Å². The molecule has 2 heterocycles. The molecule has 2 aromatic heterocycles. The SMILES string of the molecule is FC12C=CC(Cn3nnnc3-c3ccsc3)=CC1C2. The Kier molecular flexibility index (Phi) is 2.23. The van der Waals surface area contributed by atoms with Crippen molar-refractivity contribution >= 4 is 11.3 Å². The minimum atomic E-state index is -1.07. The topological polar surface area (TPSA) is 43.6 Å². The first-order valence-electron chi connectivity index (χ1n) is 6.12. The second-order valence-electron chi connectivity index (χ2n) is 4.98. The molecular formula is C13H11FN4S. The van der Waals surface area contributed by atoms with Crippen molar-refractivity contribution in [3.63, 3.8) is 0 Å². The van der Waals surface area contributed by atoms with Crippen molar-refractivity contribution in [1.29, 1.82) is 0 Å². The van der Waals surface area contributed by atoms with Crippen LogP contribution in [0.25, 0.3) is 11.4 Å². The van der Waals surface area contributed by atoms with E-state index in [-0.39, 0.29) is 5.92 Å². The molecular weight excluding hydrogens is 263 g/mol. The predicted molar refractivity (Wildman–Crippen MR) is 70.3 cm³/mol. The van der Waals surface area contributed by atoms with Crippen LogP contribution in [-0.2, 0) is 6.54 Å². The molecule has 0 spiro atoms. The number of fused-ring (bicyclic) bond motifs is 1. The van der Waals surface area contributed by atoms with E-state index in [2.05, 4.69) is 15.5 Å². The Morgan fingerprint density at radius 2 is 2.47 bits per heavy atom. The lowest BCUT2D eigenvalue weighted by molar-refractivity contribution is 0.360. The number of alkyl halides is 1. The van der Waals surface area contributed by atoms with Gasteiger partial charge in [0, 0.05) is 16.9 Å². The van der Waals surface area contributed by atoms with Crippen LogP contribution in [0.5, 0.6) is 0 Å². The first-order valence-corrected chi connectivity index (χ1v) is 7.06. The van der Waals surface area contributed by atoms with Crippen LogP contribution in [0.1, 0.15) is 6.42 Å². The molecule has 2 aromatic rings. The van der Waals surface area contributed by atoms with Gasteiger partial charge in [-0.1, -0.05) is 12.2 Å². The smallest absolute Gasteiger partial charge is 0.183 e. The van der Waals surface area contributed by atoms with Crippen LogP contribution in [0.4, 0.5) is 4.39 Å². The molecule has 2 aliphatic rings. The molecule has 2 unspecified atom stereocenters. The number of nitrogens with zero attached hydrogens (tertiary/aromatic N) is 4. The highest BCUT2D eigenvalue weighted by Crippen LogP contribution is 2.52. The zero-order valence-electron chi connectivity index (χ0n) is 10.0. The number of allylic oxidation sites excluding steroid dienone is 4. The Morgan fingerprint density at radius 1 is 1.53 bits per heavy atom. The van der Waals surface area contributed by atoms with Crippen molar-refractivity contribution in [1.82, 2.24) is 20.2 Å². The Bertz CT molecular complexity index is 673. The van der Waals surface area contributed by atoms with E-state index in [0.29, 0.717) is 13.0 Å². The van der Waals surface area contributed by atoms with E-state index in [1.807, 2.05) is 29.0 Å². The third-order valence-electron chi connectivity index (χ3n) is 3.62. The highest BCUT2D eigenvalue weighted by molar-refractivity contribution is 7.08. The largest absolute Gasteiger partial charge is 0.239 e. The molecule has 0 N–H and O–H groups in total. The number of tetrazole rings is 1. The van der Waals surface area contributed by atoms with E-state index in [1.54, 1.807) is 22.1 Å². The highest BCUT2D eigenvalue weighted by atomic mass is 32.1. The maximum atomic E-state index is 13.7. The first kappa shape index (κ1) is 11.0. The first-order chi connectivity index (χ1) is 9.24. The third-order valence-corrected chi connectivity index (χ3v) is 4.31. The van der Waals surface area contributed by atoms with Gasteiger partial charge in [-0.15, -0.1) is 5.10 Å². The minimum Gasteiger partial charge on any atom is -0.239 e. The average molecular weight is 274 g/mol. The summed E-state index contributed by atoms with van der Waals surface area (Å²) in [5.74, 6) is 0.803. The Labute approximate surface area is 113 Å². The third kappa shape index (κ3) is 1.83. The van der Waals surface area contributed by atoms with E-state index in [1.165, 1.54) is 0 Å². The summed E-state index contributed by atoms with van der Waals surface area (Å²) < 4.78 is 15.5. The summed E-state index contributed by atoms with van der Waals surface area (Å²) in [5, 5.41) is 15.8. The second kappa shape index (κ2) is 3.84. The van der Waals surface area contributed by atoms with Crippen molar-refractivity contribution in [2.45, 2.75) is 18.6 Å². The molecule has 4 rings (SSSR count). The standard InChI is InChI=1S/C13H11FN4S/c14-13-3-1-9(5-11(13)6-13)7-18-12(15-16-17-18)10-2-4-19-8-10/h1-5,8,11H,6-7H2. The van der Waals surface area contributed by atoms with E-state index >= 15 is 0 Å². The van der Waals surface area contributed by atoms with Crippen molar-refractivity contribution < 1.29 is 4.39 Å². The number of aromatic nitrogens is 4. The summed E-state index contributed by atoms with van der Waals surface area (Å²) in [6.07, 6.45) is 6.13. The van der Waals surface area contributed by atoms with Crippen molar-refractivity contribution in [2.24, 2.45) is 5.92 Å². The zero-order valence-corrected chi connectivity index (χ0v) is 10.8. The summed E-state index contributed by atoms with van der Waals surface area (Å²) in [4.78, 5) is 0. The summed E-state index contributed by atoms with van der Waals surface area (Å²) >= 11 is 1.61. The van der Waals surface area contributed by atoms with Gasteiger partial charge in [-0.25, -0.2) is 9.07 Å². The molecule has 1 fully saturated rings. The molecule has 4 nitrogen and oxygen atoms in total. The lowest BCUT2D eigenvalue weighted by Crippen LogP contribution is -2.09. The summed E-state index contributed by atoms with van der Waals surface area (Å²) in [7, 11) is 0. The highest BCUT2D eigenvalue weighted by Gasteiger charge is 2.53. The molecule has 96 valence electrons. The van der Waals surface area contributed by atoms with Gasteiger partial charge in [0.25, 0.3) is 0 Å². The second-order valence-corrected chi connectivity index (χ2v) is 5.76. The number of halogens is 1. The number of hydrogen-bond acceptors (Lipinski definition) is 4. The lowest BCUT2D eigenvalue weighted by atomic mass is 10.1. The van der Waals surface area contributed by atoms with Crippen LogP contribution in [-0.4, -0.2) is 25.9 Å². The van der Waals surface area contributed by atoms with Gasteiger partial charge in [-0.2, -0.15) is 11.3 Å². The number of rotatable bonds is 3. The molecule has 0 aromatic carbocycles. The summed E-state index contributed by atoms with van der Waals surface area (Å²) in [6.45, 7) is 0.585. The number of thiophene rings is 1. The van der Waals surface area contributed by atoms with Gasteiger partial charge in [-0.3, -0.25) is 0 Å². The molecule has 6 heteroatoms. The number of hydrogen-bond donors (Lipinski definition) is 0. The maximum absolute atomic E-state index is 13.7. The Morgan fingerprint density at radius 3 is 3.26 bits per heavy atom. The van der Waals surface area contributed by atoms with Gasteiger partial charge in [0.2, 0.25) is 0 Å². The van der Waals surface area contributed by atoms with Crippen molar-refractivity contribution in [2.75, 3.05) is 0 Å².